The van der Waals surface area contributed by atoms with Crippen LogP contribution in [0.3, 0.4) is 0 Å². The monoisotopic (exact) mass is 358 g/mol. The van der Waals surface area contributed by atoms with Crippen LogP contribution in [-0.4, -0.2) is 43.5 Å². The number of hydrogen-bond acceptors (Lipinski definition) is 5. The zero-order valence-corrected chi connectivity index (χ0v) is 12.3. The van der Waals surface area contributed by atoms with Gasteiger partial charge in [0.05, 0.1) is 6.26 Å². The summed E-state index contributed by atoms with van der Waals surface area (Å²) < 4.78 is 81.9. The van der Waals surface area contributed by atoms with E-state index in [9.17, 15) is 30.8 Å². The SMILES string of the molecule is CS(=O)(=O)O.O=C(OCC#CCO)c1c(F)c(F)cc(F)c1F. The number of carbonyl (C=O) groups is 1. The topological polar surface area (TPSA) is 101 Å². The first-order valence-electron chi connectivity index (χ1n) is 5.48. The fraction of sp³-hybridized carbons (Fsp3) is 0.250. The van der Waals surface area contributed by atoms with Crippen LogP contribution in [0.5, 0.6) is 0 Å². The summed E-state index contributed by atoms with van der Waals surface area (Å²) in [5.41, 5.74) is -1.46. The molecule has 0 aliphatic rings. The maximum Gasteiger partial charge on any atom is 0.345 e. The molecular weight excluding hydrogens is 348 g/mol. The summed E-state index contributed by atoms with van der Waals surface area (Å²) in [7, 11) is -3.67. The molecule has 0 saturated heterocycles. The van der Waals surface area contributed by atoms with Gasteiger partial charge >= 0.3 is 5.97 Å². The van der Waals surface area contributed by atoms with E-state index in [4.69, 9.17) is 9.66 Å². The lowest BCUT2D eigenvalue weighted by molar-refractivity contribution is 0.0542. The lowest BCUT2D eigenvalue weighted by Gasteiger charge is -2.05. The van der Waals surface area contributed by atoms with Crippen LogP contribution in [0.4, 0.5) is 17.6 Å². The smallest absolute Gasteiger partial charge is 0.345 e. The first-order chi connectivity index (χ1) is 10.5. The van der Waals surface area contributed by atoms with E-state index in [0.717, 1.165) is 0 Å². The van der Waals surface area contributed by atoms with Crippen LogP contribution in [0.2, 0.25) is 0 Å². The zero-order chi connectivity index (χ0) is 18.2. The number of hydrogen-bond donors (Lipinski definition) is 2. The predicted molar refractivity (Wildman–Crippen MR) is 68.9 cm³/mol. The standard InChI is InChI=1S/C11H6F4O3.CH4O3S/c12-6-5-7(13)10(15)8(9(6)14)11(17)18-4-2-1-3-16;1-5(2,3)4/h5,16H,3-4H2;1H3,(H,2,3,4). The first kappa shape index (κ1) is 20.8. The van der Waals surface area contributed by atoms with Crippen LogP contribution < -0.4 is 0 Å². The number of halogens is 4. The van der Waals surface area contributed by atoms with E-state index in [1.807, 2.05) is 0 Å². The summed E-state index contributed by atoms with van der Waals surface area (Å²) in [5, 5.41) is 8.28. The van der Waals surface area contributed by atoms with E-state index in [-0.39, 0.29) is 6.07 Å². The molecule has 0 atom stereocenters. The lowest BCUT2D eigenvalue weighted by atomic mass is 10.2. The van der Waals surface area contributed by atoms with E-state index in [1.54, 1.807) is 0 Å². The molecule has 1 rings (SSSR count). The van der Waals surface area contributed by atoms with Gasteiger partial charge in [0.25, 0.3) is 10.1 Å². The van der Waals surface area contributed by atoms with Crippen molar-refractivity contribution in [2.45, 2.75) is 0 Å². The van der Waals surface area contributed by atoms with Crippen molar-refractivity contribution in [1.82, 2.24) is 0 Å². The van der Waals surface area contributed by atoms with Gasteiger partial charge < -0.3 is 9.84 Å². The van der Waals surface area contributed by atoms with Gasteiger partial charge in [-0.1, -0.05) is 11.8 Å². The second kappa shape index (κ2) is 9.09. The molecule has 0 bridgehead atoms. The minimum atomic E-state index is -3.67. The van der Waals surface area contributed by atoms with Crippen LogP contribution >= 0.6 is 0 Å². The zero-order valence-electron chi connectivity index (χ0n) is 11.4. The first-order valence-corrected chi connectivity index (χ1v) is 7.33. The maximum absolute atomic E-state index is 13.1. The van der Waals surface area contributed by atoms with Gasteiger partial charge in [-0.2, -0.15) is 8.42 Å². The molecule has 0 spiro atoms. The van der Waals surface area contributed by atoms with Gasteiger partial charge in [-0.05, 0) is 0 Å². The molecule has 1 aromatic carbocycles. The molecule has 1 aromatic rings. The highest BCUT2D eigenvalue weighted by Crippen LogP contribution is 2.19. The average molecular weight is 358 g/mol. The Labute approximate surface area is 128 Å². The van der Waals surface area contributed by atoms with Gasteiger partial charge in [0.1, 0.15) is 12.2 Å². The van der Waals surface area contributed by atoms with Crippen molar-refractivity contribution < 1.29 is 45.2 Å². The Hall–Kier alpha value is -2.16. The molecule has 0 saturated carbocycles. The van der Waals surface area contributed by atoms with Crippen molar-refractivity contribution in [3.8, 4) is 11.8 Å². The Kier molecular flexibility index (Phi) is 8.23. The number of carbonyl (C=O) groups excluding carboxylic acids is 1. The molecule has 0 unspecified atom stereocenters. The van der Waals surface area contributed by atoms with Crippen molar-refractivity contribution in [1.29, 1.82) is 0 Å². The fourth-order valence-corrected chi connectivity index (χ4v) is 1.03. The van der Waals surface area contributed by atoms with Crippen LogP contribution in [0, 0.1) is 35.1 Å². The van der Waals surface area contributed by atoms with Crippen molar-refractivity contribution in [3.05, 3.63) is 34.9 Å². The van der Waals surface area contributed by atoms with Crippen LogP contribution in [0.25, 0.3) is 0 Å². The molecule has 2 N–H and O–H groups in total. The van der Waals surface area contributed by atoms with Crippen LogP contribution in [0.15, 0.2) is 6.07 Å². The predicted octanol–water partition coefficient (Wildman–Crippen LogP) is 0.900. The number of ether oxygens (including phenoxy) is 1. The summed E-state index contributed by atoms with van der Waals surface area (Å²) >= 11 is 0. The maximum atomic E-state index is 13.1. The number of aliphatic hydroxyl groups excluding tert-OH is 1. The highest BCUT2D eigenvalue weighted by Gasteiger charge is 2.25. The molecular formula is C12H10F4O6S. The largest absolute Gasteiger partial charge is 0.449 e. The summed E-state index contributed by atoms with van der Waals surface area (Å²) in [6.07, 6.45) is 0.715. The Bertz CT molecular complexity index is 702. The van der Waals surface area contributed by atoms with Gasteiger partial charge in [0.15, 0.2) is 29.9 Å². The molecule has 128 valence electrons. The van der Waals surface area contributed by atoms with E-state index >= 15 is 0 Å². The van der Waals surface area contributed by atoms with E-state index < -0.39 is 58.1 Å². The Morgan fingerprint density at radius 3 is 2.00 bits per heavy atom. The molecule has 0 aliphatic carbocycles. The van der Waals surface area contributed by atoms with Crippen molar-refractivity contribution >= 4 is 16.1 Å². The summed E-state index contributed by atoms with van der Waals surface area (Å²) in [4.78, 5) is 11.2. The summed E-state index contributed by atoms with van der Waals surface area (Å²) in [6, 6.07) is -0.0208. The Balaban J connectivity index is 0.000000841. The molecule has 0 heterocycles. The second-order valence-corrected chi connectivity index (χ2v) is 5.13. The minimum absolute atomic E-state index is 0.0208. The van der Waals surface area contributed by atoms with Crippen molar-refractivity contribution in [2.24, 2.45) is 0 Å². The fourth-order valence-electron chi connectivity index (χ4n) is 1.03. The minimum Gasteiger partial charge on any atom is -0.449 e. The highest BCUT2D eigenvalue weighted by atomic mass is 32.2. The van der Waals surface area contributed by atoms with Gasteiger partial charge in [0, 0.05) is 6.07 Å². The van der Waals surface area contributed by atoms with E-state index in [2.05, 4.69) is 16.6 Å². The van der Waals surface area contributed by atoms with E-state index in [0.29, 0.717) is 6.26 Å². The molecule has 0 aromatic heterocycles. The molecule has 0 fully saturated rings. The van der Waals surface area contributed by atoms with Crippen molar-refractivity contribution in [3.63, 3.8) is 0 Å². The average Bonchev–Trinajstić information content (AvgIpc) is 2.40. The number of benzene rings is 1. The van der Waals surface area contributed by atoms with Crippen molar-refractivity contribution in [2.75, 3.05) is 19.5 Å². The molecule has 23 heavy (non-hydrogen) atoms. The number of rotatable bonds is 2. The Morgan fingerprint density at radius 1 is 1.17 bits per heavy atom. The third-order valence-corrected chi connectivity index (χ3v) is 1.80. The van der Waals surface area contributed by atoms with Gasteiger partial charge in [0.2, 0.25) is 0 Å². The van der Waals surface area contributed by atoms with E-state index in [1.165, 1.54) is 0 Å². The third kappa shape index (κ3) is 8.15. The number of aliphatic hydroxyl groups is 1. The van der Waals surface area contributed by atoms with Crippen LogP contribution in [0.1, 0.15) is 10.4 Å². The normalized spacial score (nSPS) is 10.0. The molecule has 11 heteroatoms. The van der Waals surface area contributed by atoms with Crippen LogP contribution in [-0.2, 0) is 14.9 Å². The lowest BCUT2D eigenvalue weighted by Crippen LogP contribution is -2.13. The highest BCUT2D eigenvalue weighted by molar-refractivity contribution is 7.85. The summed E-state index contributed by atoms with van der Waals surface area (Å²) in [5.74, 6) is -4.45. The molecule has 6 nitrogen and oxygen atoms in total. The van der Waals surface area contributed by atoms with Gasteiger partial charge in [-0.15, -0.1) is 0 Å². The Morgan fingerprint density at radius 2 is 1.61 bits per heavy atom. The van der Waals surface area contributed by atoms with Gasteiger partial charge in [-0.25, -0.2) is 22.4 Å². The molecule has 0 amide bonds. The molecule has 0 aliphatic heterocycles. The summed E-state index contributed by atoms with van der Waals surface area (Å²) in [6.45, 7) is -1.06. The third-order valence-electron chi connectivity index (χ3n) is 1.80. The second-order valence-electron chi connectivity index (χ2n) is 3.66. The molecule has 0 radical (unpaired) electrons. The quantitative estimate of drug-likeness (QED) is 0.268. The number of esters is 1. The van der Waals surface area contributed by atoms with Gasteiger partial charge in [-0.3, -0.25) is 4.55 Å².